The molecular formula is C16H14N4O3. The fourth-order valence-electron chi connectivity index (χ4n) is 1.90. The van der Waals surface area contributed by atoms with Crippen LogP contribution in [0.15, 0.2) is 53.4 Å². The molecule has 0 N–H and O–H groups in total. The molecule has 0 aliphatic carbocycles. The second-order valence-electron chi connectivity index (χ2n) is 4.96. The molecule has 7 nitrogen and oxygen atoms in total. The highest BCUT2D eigenvalue weighted by molar-refractivity contribution is 5.91. The lowest BCUT2D eigenvalue weighted by molar-refractivity contribution is 0.0734. The molecule has 2 aromatic heterocycles. The quantitative estimate of drug-likeness (QED) is 0.540. The summed E-state index contributed by atoms with van der Waals surface area (Å²) in [7, 11) is 3.76. The number of rotatable bonds is 4. The van der Waals surface area contributed by atoms with E-state index >= 15 is 0 Å². The first-order chi connectivity index (χ1) is 11.1. The highest BCUT2D eigenvalue weighted by Crippen LogP contribution is 2.21. The Hall–Kier alpha value is -3.22. The number of pyridine rings is 1. The Morgan fingerprint density at radius 3 is 2.48 bits per heavy atom. The summed E-state index contributed by atoms with van der Waals surface area (Å²) in [5.74, 6) is 1.14. The van der Waals surface area contributed by atoms with E-state index in [2.05, 4.69) is 15.2 Å². The van der Waals surface area contributed by atoms with Crippen molar-refractivity contribution in [2.24, 2.45) is 0 Å². The van der Waals surface area contributed by atoms with E-state index in [9.17, 15) is 4.79 Å². The molecule has 0 bridgehead atoms. The van der Waals surface area contributed by atoms with E-state index in [1.807, 2.05) is 19.0 Å². The molecule has 0 saturated carbocycles. The SMILES string of the molecule is CN(C)c1ccc(C(=O)Oc2ccc(-c3nnco3)cc2)cn1. The largest absolute Gasteiger partial charge is 0.423 e. The molecule has 7 heteroatoms. The van der Waals surface area contributed by atoms with Gasteiger partial charge in [0.2, 0.25) is 12.3 Å². The first-order valence-electron chi connectivity index (χ1n) is 6.85. The number of hydrogen-bond donors (Lipinski definition) is 0. The lowest BCUT2D eigenvalue weighted by Gasteiger charge is -2.11. The Bertz CT molecular complexity index is 781. The summed E-state index contributed by atoms with van der Waals surface area (Å²) in [6, 6.07) is 10.2. The van der Waals surface area contributed by atoms with Gasteiger partial charge in [-0.05, 0) is 36.4 Å². The zero-order valence-corrected chi connectivity index (χ0v) is 12.6. The molecule has 116 valence electrons. The van der Waals surface area contributed by atoms with E-state index in [1.54, 1.807) is 36.4 Å². The van der Waals surface area contributed by atoms with Gasteiger partial charge >= 0.3 is 5.97 Å². The lowest BCUT2D eigenvalue weighted by Crippen LogP contribution is -2.12. The summed E-state index contributed by atoms with van der Waals surface area (Å²) in [4.78, 5) is 18.1. The van der Waals surface area contributed by atoms with Crippen LogP contribution in [-0.2, 0) is 0 Å². The van der Waals surface area contributed by atoms with Crippen LogP contribution in [0, 0.1) is 0 Å². The van der Waals surface area contributed by atoms with Crippen LogP contribution in [0.1, 0.15) is 10.4 Å². The van der Waals surface area contributed by atoms with Gasteiger partial charge in [0.25, 0.3) is 0 Å². The van der Waals surface area contributed by atoms with Crippen LogP contribution in [0.25, 0.3) is 11.5 Å². The van der Waals surface area contributed by atoms with Crippen LogP contribution >= 0.6 is 0 Å². The molecule has 0 atom stereocenters. The van der Waals surface area contributed by atoms with Gasteiger partial charge in [-0.3, -0.25) is 0 Å². The van der Waals surface area contributed by atoms with Gasteiger partial charge < -0.3 is 14.1 Å². The highest BCUT2D eigenvalue weighted by atomic mass is 16.5. The first kappa shape index (κ1) is 14.7. The predicted octanol–water partition coefficient (Wildman–Crippen LogP) is 2.42. The number of anilines is 1. The minimum absolute atomic E-state index is 0.386. The lowest BCUT2D eigenvalue weighted by atomic mass is 10.2. The van der Waals surface area contributed by atoms with Crippen molar-refractivity contribution in [1.82, 2.24) is 15.2 Å². The molecule has 1 aromatic carbocycles. The predicted molar refractivity (Wildman–Crippen MR) is 83.3 cm³/mol. The Labute approximate surface area is 132 Å². The minimum atomic E-state index is -0.464. The van der Waals surface area contributed by atoms with Crippen LogP contribution in [-0.4, -0.2) is 35.2 Å². The monoisotopic (exact) mass is 310 g/mol. The molecule has 0 spiro atoms. The van der Waals surface area contributed by atoms with Gasteiger partial charge in [-0.25, -0.2) is 9.78 Å². The number of aromatic nitrogens is 3. The topological polar surface area (TPSA) is 81.4 Å². The zero-order chi connectivity index (χ0) is 16.2. The average molecular weight is 310 g/mol. The summed E-state index contributed by atoms with van der Waals surface area (Å²) in [5.41, 5.74) is 1.14. The molecular weight excluding hydrogens is 296 g/mol. The second-order valence-corrected chi connectivity index (χ2v) is 4.96. The molecule has 0 radical (unpaired) electrons. The molecule has 23 heavy (non-hydrogen) atoms. The highest BCUT2D eigenvalue weighted by Gasteiger charge is 2.10. The van der Waals surface area contributed by atoms with Crippen molar-refractivity contribution >= 4 is 11.8 Å². The Morgan fingerprint density at radius 2 is 1.91 bits per heavy atom. The van der Waals surface area contributed by atoms with Crippen molar-refractivity contribution in [2.45, 2.75) is 0 Å². The van der Waals surface area contributed by atoms with Crippen molar-refractivity contribution in [2.75, 3.05) is 19.0 Å². The average Bonchev–Trinajstić information content (AvgIpc) is 3.10. The van der Waals surface area contributed by atoms with E-state index in [0.29, 0.717) is 17.2 Å². The van der Waals surface area contributed by atoms with E-state index in [4.69, 9.17) is 9.15 Å². The van der Waals surface area contributed by atoms with Crippen molar-refractivity contribution < 1.29 is 13.9 Å². The number of hydrogen-bond acceptors (Lipinski definition) is 7. The normalized spacial score (nSPS) is 10.3. The maximum Gasteiger partial charge on any atom is 0.345 e. The van der Waals surface area contributed by atoms with Gasteiger partial charge in [0.05, 0.1) is 5.56 Å². The Kier molecular flexibility index (Phi) is 4.01. The van der Waals surface area contributed by atoms with Crippen molar-refractivity contribution in [3.8, 4) is 17.2 Å². The molecule has 0 saturated heterocycles. The molecule has 0 unspecified atom stereocenters. The Balaban J connectivity index is 1.70. The summed E-state index contributed by atoms with van der Waals surface area (Å²) < 4.78 is 10.4. The van der Waals surface area contributed by atoms with Crippen LogP contribution in [0.2, 0.25) is 0 Å². The van der Waals surface area contributed by atoms with Crippen molar-refractivity contribution in [1.29, 1.82) is 0 Å². The number of nitrogens with zero attached hydrogens (tertiary/aromatic N) is 4. The Morgan fingerprint density at radius 1 is 1.13 bits per heavy atom. The maximum absolute atomic E-state index is 12.1. The van der Waals surface area contributed by atoms with Crippen molar-refractivity contribution in [3.05, 3.63) is 54.6 Å². The molecule has 0 fully saturated rings. The first-order valence-corrected chi connectivity index (χ1v) is 6.85. The van der Waals surface area contributed by atoms with E-state index in [-0.39, 0.29) is 0 Å². The third-order valence-electron chi connectivity index (χ3n) is 3.11. The van der Waals surface area contributed by atoms with E-state index in [0.717, 1.165) is 11.4 Å². The van der Waals surface area contributed by atoms with E-state index in [1.165, 1.54) is 12.6 Å². The smallest absolute Gasteiger partial charge is 0.345 e. The molecule has 3 rings (SSSR count). The third-order valence-corrected chi connectivity index (χ3v) is 3.11. The molecule has 0 aliphatic rings. The van der Waals surface area contributed by atoms with Gasteiger partial charge in [0, 0.05) is 25.9 Å². The fourth-order valence-corrected chi connectivity index (χ4v) is 1.90. The molecule has 2 heterocycles. The summed E-state index contributed by atoms with van der Waals surface area (Å²) >= 11 is 0. The van der Waals surface area contributed by atoms with Gasteiger partial charge in [-0.2, -0.15) is 0 Å². The van der Waals surface area contributed by atoms with E-state index < -0.39 is 5.97 Å². The standard InChI is InChI=1S/C16H14N4O3/c1-20(2)14-8-5-12(9-17-14)16(21)23-13-6-3-11(4-7-13)15-19-18-10-22-15/h3-10H,1-2H3. The fraction of sp³-hybridized carbons (Fsp3) is 0.125. The van der Waals surface area contributed by atoms with Crippen LogP contribution in [0.5, 0.6) is 5.75 Å². The van der Waals surface area contributed by atoms with Crippen LogP contribution in [0.3, 0.4) is 0 Å². The second kappa shape index (κ2) is 6.27. The number of benzene rings is 1. The van der Waals surface area contributed by atoms with Gasteiger partial charge in [0.1, 0.15) is 11.6 Å². The minimum Gasteiger partial charge on any atom is -0.423 e. The zero-order valence-electron chi connectivity index (χ0n) is 12.6. The van der Waals surface area contributed by atoms with Crippen molar-refractivity contribution in [3.63, 3.8) is 0 Å². The molecule has 0 amide bonds. The number of ether oxygens (including phenoxy) is 1. The molecule has 0 aliphatic heterocycles. The van der Waals surface area contributed by atoms with Gasteiger partial charge in [-0.15, -0.1) is 10.2 Å². The number of esters is 1. The maximum atomic E-state index is 12.1. The van der Waals surface area contributed by atoms with Gasteiger partial charge in [0.15, 0.2) is 0 Å². The number of carbonyl (C=O) groups is 1. The van der Waals surface area contributed by atoms with Gasteiger partial charge in [-0.1, -0.05) is 0 Å². The summed E-state index contributed by atoms with van der Waals surface area (Å²) in [6.45, 7) is 0. The van der Waals surface area contributed by atoms with Crippen LogP contribution < -0.4 is 9.64 Å². The number of carbonyl (C=O) groups excluding carboxylic acids is 1. The summed E-state index contributed by atoms with van der Waals surface area (Å²) in [5, 5.41) is 7.43. The third kappa shape index (κ3) is 3.34. The molecule has 3 aromatic rings. The van der Waals surface area contributed by atoms with Crippen LogP contribution in [0.4, 0.5) is 5.82 Å². The summed E-state index contributed by atoms with van der Waals surface area (Å²) in [6.07, 6.45) is 2.75.